The first-order chi connectivity index (χ1) is 10.6. The summed E-state index contributed by atoms with van der Waals surface area (Å²) in [6.07, 6.45) is 0. The van der Waals surface area contributed by atoms with Crippen molar-refractivity contribution in [2.75, 3.05) is 7.11 Å². The fourth-order valence-corrected chi connectivity index (χ4v) is 2.70. The highest BCUT2D eigenvalue weighted by atomic mass is 16.5. The first-order valence-corrected chi connectivity index (χ1v) is 6.87. The molecule has 0 spiro atoms. The van der Waals surface area contributed by atoms with Crippen molar-refractivity contribution in [3.05, 3.63) is 65.2 Å². The van der Waals surface area contributed by atoms with Gasteiger partial charge < -0.3 is 14.7 Å². The second-order valence-corrected chi connectivity index (χ2v) is 5.11. The summed E-state index contributed by atoms with van der Waals surface area (Å²) in [6, 6.07) is 12.7. The van der Waals surface area contributed by atoms with Crippen molar-refractivity contribution in [3.8, 4) is 5.75 Å². The Morgan fingerprint density at radius 2 is 1.86 bits per heavy atom. The van der Waals surface area contributed by atoms with E-state index in [2.05, 4.69) is 0 Å². The summed E-state index contributed by atoms with van der Waals surface area (Å²) in [5.41, 5.74) is 2.10. The lowest BCUT2D eigenvalue weighted by Gasteiger charge is -2.25. The van der Waals surface area contributed by atoms with Crippen LogP contribution < -0.4 is 0 Å². The molecule has 1 amide bonds. The van der Waals surface area contributed by atoms with Gasteiger partial charge in [0.25, 0.3) is 5.91 Å². The van der Waals surface area contributed by atoms with Crippen molar-refractivity contribution in [2.45, 2.75) is 12.6 Å². The fourth-order valence-electron chi connectivity index (χ4n) is 2.70. The lowest BCUT2D eigenvalue weighted by Crippen LogP contribution is -2.35. The van der Waals surface area contributed by atoms with Crippen LogP contribution in [0.25, 0.3) is 0 Å². The topological polar surface area (TPSA) is 66.8 Å². The minimum absolute atomic E-state index is 0.100. The SMILES string of the molecule is COC(=O)C(c1ccc(O)cc1)N1Cc2ccccc2C1=O. The standard InChI is InChI=1S/C17H15NO4/c1-22-17(21)15(11-6-8-13(19)9-7-11)18-10-12-4-2-3-5-14(12)16(18)20/h2-9,15,19H,10H2,1H3. The Kier molecular flexibility index (Phi) is 3.55. The van der Waals surface area contributed by atoms with E-state index in [-0.39, 0.29) is 11.7 Å². The molecule has 1 unspecified atom stereocenters. The Balaban J connectivity index is 2.00. The highest BCUT2D eigenvalue weighted by molar-refractivity contribution is 6.00. The molecule has 1 aliphatic rings. The van der Waals surface area contributed by atoms with Crippen LogP contribution in [-0.2, 0) is 16.1 Å². The molecule has 0 fully saturated rings. The molecule has 0 aromatic heterocycles. The zero-order valence-corrected chi connectivity index (χ0v) is 12.0. The number of nitrogens with zero attached hydrogens (tertiary/aromatic N) is 1. The average molecular weight is 297 g/mol. The minimum atomic E-state index is -0.828. The number of benzene rings is 2. The zero-order chi connectivity index (χ0) is 15.7. The van der Waals surface area contributed by atoms with Crippen molar-refractivity contribution in [1.82, 2.24) is 4.90 Å². The van der Waals surface area contributed by atoms with E-state index in [0.717, 1.165) is 5.56 Å². The molecule has 0 bridgehead atoms. The maximum absolute atomic E-state index is 12.6. The number of phenolic OH excluding ortho intramolecular Hbond substituents is 1. The number of amides is 1. The predicted molar refractivity (Wildman–Crippen MR) is 79.2 cm³/mol. The van der Waals surface area contributed by atoms with Gasteiger partial charge in [-0.25, -0.2) is 4.79 Å². The van der Waals surface area contributed by atoms with Crippen LogP contribution in [0.4, 0.5) is 0 Å². The van der Waals surface area contributed by atoms with Gasteiger partial charge in [0.05, 0.1) is 7.11 Å². The summed E-state index contributed by atoms with van der Waals surface area (Å²) in [5.74, 6) is -0.602. The molecule has 1 N–H and O–H groups in total. The molecule has 5 nitrogen and oxygen atoms in total. The van der Waals surface area contributed by atoms with Crippen molar-refractivity contribution < 1.29 is 19.4 Å². The number of esters is 1. The van der Waals surface area contributed by atoms with Gasteiger partial charge in [-0.2, -0.15) is 0 Å². The van der Waals surface area contributed by atoms with Gasteiger partial charge in [0.2, 0.25) is 0 Å². The summed E-state index contributed by atoms with van der Waals surface area (Å²) in [6.45, 7) is 0.357. The smallest absolute Gasteiger partial charge is 0.333 e. The molecule has 0 radical (unpaired) electrons. The van der Waals surface area contributed by atoms with E-state index < -0.39 is 12.0 Å². The molecular weight excluding hydrogens is 282 g/mol. The van der Waals surface area contributed by atoms with Crippen LogP contribution in [0.15, 0.2) is 48.5 Å². The van der Waals surface area contributed by atoms with Gasteiger partial charge in [-0.05, 0) is 29.3 Å². The van der Waals surface area contributed by atoms with E-state index >= 15 is 0 Å². The molecular formula is C17H15NO4. The highest BCUT2D eigenvalue weighted by Crippen LogP contribution is 2.32. The lowest BCUT2D eigenvalue weighted by atomic mass is 10.1. The molecule has 2 aromatic carbocycles. The van der Waals surface area contributed by atoms with Crippen LogP contribution in [0, 0.1) is 0 Å². The molecule has 0 saturated carbocycles. The summed E-state index contributed by atoms with van der Waals surface area (Å²) in [4.78, 5) is 26.3. The third-order valence-electron chi connectivity index (χ3n) is 3.79. The van der Waals surface area contributed by atoms with Crippen molar-refractivity contribution in [2.24, 2.45) is 0 Å². The lowest BCUT2D eigenvalue weighted by molar-refractivity contribution is -0.146. The predicted octanol–water partition coefficient (Wildman–Crippen LogP) is 2.26. The van der Waals surface area contributed by atoms with Crippen molar-refractivity contribution in [1.29, 1.82) is 0 Å². The maximum Gasteiger partial charge on any atom is 0.333 e. The molecule has 2 aromatic rings. The highest BCUT2D eigenvalue weighted by Gasteiger charge is 2.37. The van der Waals surface area contributed by atoms with Crippen LogP contribution in [0.2, 0.25) is 0 Å². The maximum atomic E-state index is 12.6. The quantitative estimate of drug-likeness (QED) is 0.882. The second-order valence-electron chi connectivity index (χ2n) is 5.11. The Hall–Kier alpha value is -2.82. The van der Waals surface area contributed by atoms with Crippen LogP contribution >= 0.6 is 0 Å². The van der Waals surface area contributed by atoms with Gasteiger partial charge in [0.15, 0.2) is 6.04 Å². The number of rotatable bonds is 3. The number of ether oxygens (including phenoxy) is 1. The van der Waals surface area contributed by atoms with Gasteiger partial charge in [0.1, 0.15) is 5.75 Å². The molecule has 1 atom stereocenters. The molecule has 22 heavy (non-hydrogen) atoms. The van der Waals surface area contributed by atoms with Crippen molar-refractivity contribution >= 4 is 11.9 Å². The normalized spacial score (nSPS) is 14.6. The van der Waals surface area contributed by atoms with E-state index in [1.807, 2.05) is 12.1 Å². The molecule has 3 rings (SSSR count). The Bertz CT molecular complexity index is 724. The number of hydrogen-bond acceptors (Lipinski definition) is 4. The number of fused-ring (bicyclic) bond motifs is 1. The van der Waals surface area contributed by atoms with Gasteiger partial charge in [-0.3, -0.25) is 4.79 Å². The van der Waals surface area contributed by atoms with Crippen LogP contribution in [-0.4, -0.2) is 29.0 Å². The average Bonchev–Trinajstić information content (AvgIpc) is 2.87. The van der Waals surface area contributed by atoms with Crippen LogP contribution in [0.3, 0.4) is 0 Å². The molecule has 0 saturated heterocycles. The van der Waals surface area contributed by atoms with Crippen LogP contribution in [0.1, 0.15) is 27.5 Å². The molecule has 1 aliphatic heterocycles. The van der Waals surface area contributed by atoms with E-state index in [0.29, 0.717) is 17.7 Å². The van der Waals surface area contributed by atoms with Gasteiger partial charge >= 0.3 is 5.97 Å². The number of phenols is 1. The van der Waals surface area contributed by atoms with E-state index in [9.17, 15) is 14.7 Å². The summed E-state index contributed by atoms with van der Waals surface area (Å²) < 4.78 is 4.86. The van der Waals surface area contributed by atoms with E-state index in [4.69, 9.17) is 4.74 Å². The number of hydrogen-bond donors (Lipinski definition) is 1. The second kappa shape index (κ2) is 5.52. The number of carbonyl (C=O) groups is 2. The van der Waals surface area contributed by atoms with Crippen molar-refractivity contribution in [3.63, 3.8) is 0 Å². The Labute approximate surface area is 127 Å². The first-order valence-electron chi connectivity index (χ1n) is 6.87. The fraction of sp³-hybridized carbons (Fsp3) is 0.176. The molecule has 1 heterocycles. The van der Waals surface area contributed by atoms with E-state index in [1.165, 1.54) is 24.1 Å². The summed E-state index contributed by atoms with van der Waals surface area (Å²) in [7, 11) is 1.30. The molecule has 112 valence electrons. The Morgan fingerprint density at radius 3 is 2.50 bits per heavy atom. The van der Waals surface area contributed by atoms with E-state index in [1.54, 1.807) is 24.3 Å². The van der Waals surface area contributed by atoms with Gasteiger partial charge in [0, 0.05) is 12.1 Å². The third-order valence-corrected chi connectivity index (χ3v) is 3.79. The third kappa shape index (κ3) is 2.30. The monoisotopic (exact) mass is 297 g/mol. The van der Waals surface area contributed by atoms with Gasteiger partial charge in [-0.1, -0.05) is 30.3 Å². The minimum Gasteiger partial charge on any atom is -0.508 e. The number of aromatic hydroxyl groups is 1. The number of methoxy groups -OCH3 is 1. The van der Waals surface area contributed by atoms with Gasteiger partial charge in [-0.15, -0.1) is 0 Å². The van der Waals surface area contributed by atoms with Crippen LogP contribution in [0.5, 0.6) is 5.75 Å². The summed E-state index contributed by atoms with van der Waals surface area (Å²) >= 11 is 0. The molecule has 0 aliphatic carbocycles. The summed E-state index contributed by atoms with van der Waals surface area (Å²) in [5, 5.41) is 9.40. The number of carbonyl (C=O) groups excluding carboxylic acids is 2. The molecule has 5 heteroatoms. The Morgan fingerprint density at radius 1 is 1.18 bits per heavy atom. The first kappa shape index (κ1) is 14.1. The largest absolute Gasteiger partial charge is 0.508 e. The zero-order valence-electron chi connectivity index (χ0n) is 12.0.